The molecule has 0 bridgehead atoms. The van der Waals surface area contributed by atoms with Crippen molar-refractivity contribution in [3.63, 3.8) is 0 Å². The van der Waals surface area contributed by atoms with Crippen molar-refractivity contribution < 1.29 is 13.7 Å². The maximum absolute atomic E-state index is 12.5. The number of nitrogens with zero attached hydrogens (tertiary/aromatic N) is 2. The van der Waals surface area contributed by atoms with E-state index < -0.39 is 10.0 Å². The molecular weight excluding hydrogens is 310 g/mol. The Morgan fingerprint density at radius 2 is 1.78 bits per heavy atom. The van der Waals surface area contributed by atoms with Crippen molar-refractivity contribution in [3.8, 4) is 0 Å². The fraction of sp³-hybridized carbons (Fsp3) is 0.118. The lowest BCUT2D eigenvalue weighted by Crippen LogP contribution is -2.77. The summed E-state index contributed by atoms with van der Waals surface area (Å²) in [4.78, 5) is 4.42. The Hall–Kier alpha value is -2.44. The molecule has 118 valence electrons. The number of quaternary nitrogens is 1. The number of hydrogen-bond donors (Lipinski definition) is 1. The van der Waals surface area contributed by atoms with E-state index in [-0.39, 0.29) is 4.90 Å². The second kappa shape index (κ2) is 6.36. The Bertz CT molecular complexity index is 917. The van der Waals surface area contributed by atoms with Crippen molar-refractivity contribution in [1.82, 2.24) is 4.98 Å². The Morgan fingerprint density at radius 3 is 2.52 bits per heavy atom. The average Bonchev–Trinajstić information content (AvgIpc) is 2.56. The maximum atomic E-state index is 12.5. The van der Waals surface area contributed by atoms with Crippen LogP contribution in [0.15, 0.2) is 65.7 Å². The van der Waals surface area contributed by atoms with Crippen molar-refractivity contribution in [2.45, 2.75) is 11.4 Å². The number of para-hydroxylation sites is 1. The van der Waals surface area contributed by atoms with E-state index >= 15 is 0 Å². The average molecular weight is 327 g/mol. The van der Waals surface area contributed by atoms with E-state index in [1.807, 2.05) is 42.7 Å². The molecule has 2 aromatic carbocycles. The van der Waals surface area contributed by atoms with Gasteiger partial charge in [-0.3, -0.25) is 4.98 Å². The van der Waals surface area contributed by atoms with Gasteiger partial charge < -0.3 is 10.0 Å². The highest BCUT2D eigenvalue weighted by atomic mass is 32.2. The van der Waals surface area contributed by atoms with Crippen molar-refractivity contribution in [2.75, 3.05) is 7.05 Å². The van der Waals surface area contributed by atoms with Gasteiger partial charge in [-0.25, -0.2) is 8.42 Å². The predicted molar refractivity (Wildman–Crippen MR) is 89.9 cm³/mol. The first-order valence-electron chi connectivity index (χ1n) is 7.29. The Morgan fingerprint density at radius 1 is 1.04 bits per heavy atom. The fourth-order valence-corrected chi connectivity index (χ4v) is 3.37. The minimum atomic E-state index is -3.76. The van der Waals surface area contributed by atoms with E-state index in [2.05, 4.69) is 9.71 Å². The van der Waals surface area contributed by atoms with Crippen LogP contribution in [0.2, 0.25) is 0 Å². The van der Waals surface area contributed by atoms with Crippen molar-refractivity contribution in [1.29, 1.82) is 0 Å². The second-order valence-electron chi connectivity index (χ2n) is 5.17. The third-order valence-corrected chi connectivity index (χ3v) is 4.80. The fourth-order valence-electron chi connectivity index (χ4n) is 2.38. The van der Waals surface area contributed by atoms with Crippen molar-refractivity contribution in [2.24, 2.45) is 0 Å². The zero-order valence-corrected chi connectivity index (χ0v) is 13.5. The number of rotatable bonds is 5. The molecule has 0 unspecified atom stereocenters. The zero-order valence-electron chi connectivity index (χ0n) is 12.7. The van der Waals surface area contributed by atoms with Crippen LogP contribution in [0, 0.1) is 0 Å². The molecule has 2 N–H and O–H groups in total. The van der Waals surface area contributed by atoms with Gasteiger partial charge in [0, 0.05) is 11.8 Å². The number of benzene rings is 2. The molecule has 0 atom stereocenters. The summed E-state index contributed by atoms with van der Waals surface area (Å²) in [6.45, 7) is 0.810. The van der Waals surface area contributed by atoms with Crippen LogP contribution in [-0.4, -0.2) is 20.4 Å². The van der Waals surface area contributed by atoms with Gasteiger partial charge in [0.2, 0.25) is 0 Å². The molecule has 6 heteroatoms. The van der Waals surface area contributed by atoms with Crippen molar-refractivity contribution >= 4 is 26.6 Å². The van der Waals surface area contributed by atoms with Crippen LogP contribution in [0.1, 0.15) is 5.56 Å². The highest BCUT2D eigenvalue weighted by Gasteiger charge is 2.06. The van der Waals surface area contributed by atoms with Gasteiger partial charge in [0.15, 0.2) is 0 Å². The van der Waals surface area contributed by atoms with Crippen LogP contribution in [-0.2, 0) is 16.6 Å². The molecule has 0 fully saturated rings. The largest absolute Gasteiger partial charge is 0.571 e. The third kappa shape index (κ3) is 3.33. The lowest BCUT2D eigenvalue weighted by molar-refractivity contribution is -0.643. The number of pyridine rings is 1. The van der Waals surface area contributed by atoms with Crippen LogP contribution < -0.4 is 5.32 Å². The van der Waals surface area contributed by atoms with Gasteiger partial charge in [-0.15, -0.1) is 5.69 Å². The Balaban J connectivity index is 1.93. The zero-order chi connectivity index (χ0) is 16.3. The summed E-state index contributed by atoms with van der Waals surface area (Å²) < 4.78 is 29.0. The van der Waals surface area contributed by atoms with E-state index in [1.54, 1.807) is 30.5 Å². The van der Waals surface area contributed by atoms with E-state index in [0.29, 0.717) is 11.2 Å². The molecule has 23 heavy (non-hydrogen) atoms. The first-order chi connectivity index (χ1) is 11.1. The first-order valence-corrected chi connectivity index (χ1v) is 8.73. The number of nitrogens with two attached hydrogens (primary N) is 1. The van der Waals surface area contributed by atoms with Gasteiger partial charge in [0.25, 0.3) is 0 Å². The van der Waals surface area contributed by atoms with E-state index in [4.69, 9.17) is 0 Å². The van der Waals surface area contributed by atoms with Crippen molar-refractivity contribution in [3.05, 3.63) is 71.1 Å². The maximum Gasteiger partial charge on any atom is 0.123 e. The highest BCUT2D eigenvalue weighted by molar-refractivity contribution is 7.94. The monoisotopic (exact) mass is 327 g/mol. The molecule has 0 spiro atoms. The van der Waals surface area contributed by atoms with Crippen LogP contribution in [0.25, 0.3) is 15.6 Å². The quantitative estimate of drug-likeness (QED) is 0.781. The highest BCUT2D eigenvalue weighted by Crippen LogP contribution is 2.32. The normalized spacial score (nSPS) is 11.5. The van der Waals surface area contributed by atoms with Crippen LogP contribution >= 0.6 is 0 Å². The SMILES string of the molecule is C[NH2+]Cc1ccc(S(=O)(=O)[N-]c2cccc3cccnc23)cc1. The molecule has 0 aliphatic carbocycles. The predicted octanol–water partition coefficient (Wildman–Crippen LogP) is 2.32. The van der Waals surface area contributed by atoms with Gasteiger partial charge in [-0.1, -0.05) is 36.4 Å². The van der Waals surface area contributed by atoms with Crippen LogP contribution in [0.4, 0.5) is 5.69 Å². The summed E-state index contributed by atoms with van der Waals surface area (Å²) in [6.07, 6.45) is 1.63. The molecule has 0 saturated carbocycles. The Labute approximate surface area is 135 Å². The molecule has 0 amide bonds. The summed E-state index contributed by atoms with van der Waals surface area (Å²) in [5.74, 6) is 0. The summed E-state index contributed by atoms with van der Waals surface area (Å²) in [5, 5.41) is 2.88. The van der Waals surface area contributed by atoms with Gasteiger partial charge in [0.05, 0.1) is 17.5 Å². The van der Waals surface area contributed by atoms with Gasteiger partial charge in [-0.2, -0.15) is 0 Å². The third-order valence-electron chi connectivity index (χ3n) is 3.49. The van der Waals surface area contributed by atoms with Gasteiger partial charge in [-0.05, 0) is 23.6 Å². The molecule has 5 nitrogen and oxygen atoms in total. The number of aromatic nitrogens is 1. The molecular formula is C17H17N3O2S. The smallest absolute Gasteiger partial charge is 0.123 e. The molecule has 0 aliphatic rings. The van der Waals surface area contributed by atoms with Crippen LogP contribution in [0.3, 0.4) is 0 Å². The summed E-state index contributed by atoms with van der Waals surface area (Å²) in [5.41, 5.74) is 2.00. The standard InChI is InChI=1S/C17H16N3O2S/c1-18-12-13-7-9-15(10-8-13)23(21,22)20-16-6-2-4-14-5-3-11-19-17(14)16/h2-11,18H,12H2,1H3/q-1/p+1. The second-order valence-corrected chi connectivity index (χ2v) is 6.78. The number of fused-ring (bicyclic) bond motifs is 1. The lowest BCUT2D eigenvalue weighted by atomic mass is 10.2. The van der Waals surface area contributed by atoms with Crippen LogP contribution in [0.5, 0.6) is 0 Å². The van der Waals surface area contributed by atoms with Gasteiger partial charge >= 0.3 is 0 Å². The van der Waals surface area contributed by atoms with E-state index in [9.17, 15) is 8.42 Å². The molecule has 1 aromatic heterocycles. The lowest BCUT2D eigenvalue weighted by Gasteiger charge is -2.23. The van der Waals surface area contributed by atoms with E-state index in [0.717, 1.165) is 17.5 Å². The summed E-state index contributed by atoms with van der Waals surface area (Å²) in [6, 6.07) is 15.8. The number of sulfonamides is 1. The molecule has 1 heterocycles. The topological polar surface area (TPSA) is 77.7 Å². The minimum absolute atomic E-state index is 0.185. The minimum Gasteiger partial charge on any atom is -0.571 e. The molecule has 0 aliphatic heterocycles. The van der Waals surface area contributed by atoms with E-state index in [1.165, 1.54) is 0 Å². The summed E-state index contributed by atoms with van der Waals surface area (Å²) >= 11 is 0. The molecule has 0 radical (unpaired) electrons. The first kappa shape index (κ1) is 15.5. The summed E-state index contributed by atoms with van der Waals surface area (Å²) in [7, 11) is -1.80. The Kier molecular flexibility index (Phi) is 4.27. The molecule has 3 aromatic rings. The molecule has 0 saturated heterocycles. The molecule has 3 rings (SSSR count). The number of hydrogen-bond acceptors (Lipinski definition) is 3. The van der Waals surface area contributed by atoms with Gasteiger partial charge in [0.1, 0.15) is 16.6 Å².